The minimum absolute atomic E-state index is 0.0751. The molecule has 1 unspecified atom stereocenters. The highest BCUT2D eigenvalue weighted by Gasteiger charge is 2.17. The molecule has 3 aromatic carbocycles. The zero-order valence-electron chi connectivity index (χ0n) is 20.0. The Morgan fingerprint density at radius 1 is 1.14 bits per heavy atom. The monoisotopic (exact) mass is 540 g/mol. The molecule has 8 nitrogen and oxygen atoms in total. The molecule has 0 aliphatic rings. The van der Waals surface area contributed by atoms with Gasteiger partial charge in [0.25, 0.3) is 0 Å². The van der Waals surface area contributed by atoms with Gasteiger partial charge in [0.05, 0.1) is 23.0 Å². The minimum Gasteiger partial charge on any atom is -0.492 e. The van der Waals surface area contributed by atoms with E-state index in [9.17, 15) is 14.7 Å². The molecule has 10 heteroatoms. The number of carboxylic acids is 1. The van der Waals surface area contributed by atoms with Crippen molar-refractivity contribution in [3.63, 3.8) is 0 Å². The van der Waals surface area contributed by atoms with Crippen molar-refractivity contribution in [2.75, 3.05) is 13.2 Å². The smallest absolute Gasteiger partial charge is 0.333 e. The quantitative estimate of drug-likeness (QED) is 0.195. The molecule has 0 spiro atoms. The Hall–Kier alpha value is -3.66. The SMILES string of the molecule is CCOC(Cc1ccc(OCCn2c(=O)sc3cc(C=NOc4cccc(Cl)c4)ccc32)cc1)C(=O)O. The van der Waals surface area contributed by atoms with Gasteiger partial charge in [-0.3, -0.25) is 9.36 Å². The third kappa shape index (κ3) is 7.19. The zero-order chi connectivity index (χ0) is 26.2. The second kappa shape index (κ2) is 12.5. The fraction of sp³-hybridized carbons (Fsp3) is 0.222. The van der Waals surface area contributed by atoms with Crippen molar-refractivity contribution in [3.8, 4) is 11.5 Å². The van der Waals surface area contributed by atoms with E-state index in [4.69, 9.17) is 25.9 Å². The second-order valence-electron chi connectivity index (χ2n) is 8.01. The molecule has 0 saturated heterocycles. The van der Waals surface area contributed by atoms with Crippen molar-refractivity contribution in [2.45, 2.75) is 26.0 Å². The van der Waals surface area contributed by atoms with E-state index in [1.54, 1.807) is 54.1 Å². The molecule has 1 aromatic heterocycles. The summed E-state index contributed by atoms with van der Waals surface area (Å²) < 4.78 is 13.6. The van der Waals surface area contributed by atoms with Gasteiger partial charge < -0.3 is 19.4 Å². The summed E-state index contributed by atoms with van der Waals surface area (Å²) in [6.45, 7) is 2.79. The topological polar surface area (TPSA) is 99.4 Å². The molecule has 1 N–H and O–H groups in total. The average molecular weight is 541 g/mol. The number of benzene rings is 3. The zero-order valence-corrected chi connectivity index (χ0v) is 21.6. The molecule has 0 radical (unpaired) electrons. The van der Waals surface area contributed by atoms with E-state index in [0.717, 1.165) is 32.7 Å². The summed E-state index contributed by atoms with van der Waals surface area (Å²) in [7, 11) is 0. The van der Waals surface area contributed by atoms with Crippen LogP contribution in [-0.4, -0.2) is 41.2 Å². The molecule has 1 heterocycles. The summed E-state index contributed by atoms with van der Waals surface area (Å²) >= 11 is 7.10. The Bertz CT molecular complexity index is 1450. The molecule has 192 valence electrons. The maximum atomic E-state index is 12.6. The summed E-state index contributed by atoms with van der Waals surface area (Å²) in [6.07, 6.45) is 0.978. The highest BCUT2D eigenvalue weighted by Crippen LogP contribution is 2.20. The van der Waals surface area contributed by atoms with Gasteiger partial charge in [-0.25, -0.2) is 4.79 Å². The number of hydrogen-bond donors (Lipinski definition) is 1. The van der Waals surface area contributed by atoms with E-state index in [1.165, 1.54) is 0 Å². The third-order valence-corrected chi connectivity index (χ3v) is 6.60. The maximum absolute atomic E-state index is 12.6. The second-order valence-corrected chi connectivity index (χ2v) is 9.44. The van der Waals surface area contributed by atoms with Crippen molar-refractivity contribution in [1.29, 1.82) is 0 Å². The molecule has 0 bridgehead atoms. The Labute approximate surface area is 222 Å². The summed E-state index contributed by atoms with van der Waals surface area (Å²) in [6, 6.07) is 19.8. The molecule has 37 heavy (non-hydrogen) atoms. The third-order valence-electron chi connectivity index (χ3n) is 5.42. The number of rotatable bonds is 12. The van der Waals surface area contributed by atoms with E-state index in [-0.39, 0.29) is 11.3 Å². The fourth-order valence-corrected chi connectivity index (χ4v) is 4.80. The van der Waals surface area contributed by atoms with Crippen LogP contribution in [0.4, 0.5) is 0 Å². The van der Waals surface area contributed by atoms with Gasteiger partial charge in [-0.15, -0.1) is 0 Å². The number of hydrogen-bond acceptors (Lipinski definition) is 7. The number of aromatic nitrogens is 1. The summed E-state index contributed by atoms with van der Waals surface area (Å²) in [5, 5.41) is 13.8. The van der Waals surface area contributed by atoms with Crippen molar-refractivity contribution in [2.24, 2.45) is 5.16 Å². The lowest BCUT2D eigenvalue weighted by Crippen LogP contribution is -2.26. The average Bonchev–Trinajstić information content (AvgIpc) is 3.19. The van der Waals surface area contributed by atoms with E-state index in [1.807, 2.05) is 30.3 Å². The van der Waals surface area contributed by atoms with Crippen LogP contribution in [0.15, 0.2) is 76.7 Å². The number of carboxylic acid groups (broad SMARTS) is 1. The van der Waals surface area contributed by atoms with Crippen molar-refractivity contribution in [3.05, 3.63) is 92.5 Å². The number of thiazole rings is 1. The number of oxime groups is 1. The lowest BCUT2D eigenvalue weighted by atomic mass is 10.1. The van der Waals surface area contributed by atoms with Crippen LogP contribution in [-0.2, 0) is 22.5 Å². The van der Waals surface area contributed by atoms with E-state index in [2.05, 4.69) is 5.16 Å². The molecule has 4 aromatic rings. The first-order valence-corrected chi connectivity index (χ1v) is 12.8. The Morgan fingerprint density at radius 3 is 2.68 bits per heavy atom. The lowest BCUT2D eigenvalue weighted by molar-refractivity contribution is -0.149. The number of ether oxygens (including phenoxy) is 2. The predicted octanol–water partition coefficient (Wildman–Crippen LogP) is 5.24. The molecule has 1 atom stereocenters. The maximum Gasteiger partial charge on any atom is 0.333 e. The van der Waals surface area contributed by atoms with Crippen LogP contribution in [0, 0.1) is 0 Å². The standard InChI is InChI=1S/C27H25ClN2O6S/c1-2-34-24(26(31)32)14-18-6-9-21(10-7-18)35-13-12-30-23-11-8-19(15-25(23)37-27(30)33)17-29-36-22-5-3-4-20(28)16-22/h3-11,15-17,24H,2,12-14H2,1H3,(H,31,32). The summed E-state index contributed by atoms with van der Waals surface area (Å²) in [4.78, 5) is 29.1. The summed E-state index contributed by atoms with van der Waals surface area (Å²) in [5.74, 6) is 0.184. The van der Waals surface area contributed by atoms with Crippen LogP contribution in [0.2, 0.25) is 5.02 Å². The molecule has 0 saturated carbocycles. The van der Waals surface area contributed by atoms with Gasteiger partial charge in [0, 0.05) is 24.1 Å². The lowest BCUT2D eigenvalue weighted by Gasteiger charge is -2.13. The van der Waals surface area contributed by atoms with Crippen LogP contribution in [0.25, 0.3) is 10.2 Å². The minimum atomic E-state index is -0.985. The largest absolute Gasteiger partial charge is 0.492 e. The van der Waals surface area contributed by atoms with E-state index in [0.29, 0.717) is 36.3 Å². The highest BCUT2D eigenvalue weighted by atomic mass is 35.5. The number of aliphatic carboxylic acids is 1. The molecule has 0 aliphatic heterocycles. The highest BCUT2D eigenvalue weighted by molar-refractivity contribution is 7.16. The molecular formula is C27H25ClN2O6S. The molecule has 0 fully saturated rings. The van der Waals surface area contributed by atoms with Gasteiger partial charge in [0.2, 0.25) is 0 Å². The van der Waals surface area contributed by atoms with Gasteiger partial charge in [-0.2, -0.15) is 0 Å². The number of fused-ring (bicyclic) bond motifs is 1. The van der Waals surface area contributed by atoms with Crippen LogP contribution in [0.5, 0.6) is 11.5 Å². The van der Waals surface area contributed by atoms with Crippen molar-refractivity contribution < 1.29 is 24.2 Å². The first-order valence-electron chi connectivity index (χ1n) is 11.6. The molecule has 0 amide bonds. The van der Waals surface area contributed by atoms with Crippen LogP contribution in [0.1, 0.15) is 18.1 Å². The van der Waals surface area contributed by atoms with Gasteiger partial charge in [-0.05, 0) is 54.4 Å². The van der Waals surface area contributed by atoms with Crippen molar-refractivity contribution >= 4 is 45.3 Å². The number of nitrogens with zero attached hydrogens (tertiary/aromatic N) is 2. The van der Waals surface area contributed by atoms with Crippen LogP contribution in [0.3, 0.4) is 0 Å². The van der Waals surface area contributed by atoms with Crippen molar-refractivity contribution in [1.82, 2.24) is 4.57 Å². The fourth-order valence-electron chi connectivity index (χ4n) is 3.66. The normalized spacial score (nSPS) is 12.2. The molecule has 0 aliphatic carbocycles. The summed E-state index contributed by atoms with van der Waals surface area (Å²) in [5.41, 5.74) is 2.46. The first-order chi connectivity index (χ1) is 17.9. The predicted molar refractivity (Wildman–Crippen MR) is 144 cm³/mol. The first kappa shape index (κ1) is 26.4. The molecular weight excluding hydrogens is 516 g/mol. The Kier molecular flexibility index (Phi) is 8.95. The Balaban J connectivity index is 1.34. The number of halogens is 1. The van der Waals surface area contributed by atoms with Crippen LogP contribution < -0.4 is 14.4 Å². The van der Waals surface area contributed by atoms with Gasteiger partial charge in [-0.1, -0.05) is 52.4 Å². The van der Waals surface area contributed by atoms with E-state index < -0.39 is 12.1 Å². The van der Waals surface area contributed by atoms with E-state index >= 15 is 0 Å². The van der Waals surface area contributed by atoms with Crippen LogP contribution >= 0.6 is 22.9 Å². The van der Waals surface area contributed by atoms with Gasteiger partial charge in [0.1, 0.15) is 12.4 Å². The van der Waals surface area contributed by atoms with Gasteiger partial charge >= 0.3 is 10.8 Å². The molecule has 4 rings (SSSR count). The van der Waals surface area contributed by atoms with Gasteiger partial charge in [0.15, 0.2) is 11.9 Å². The number of carbonyl (C=O) groups is 1. The Morgan fingerprint density at radius 2 is 1.95 bits per heavy atom.